The lowest BCUT2D eigenvalue weighted by molar-refractivity contribution is -0.129. The molecule has 0 saturated carbocycles. The average Bonchev–Trinajstić information content (AvgIpc) is 3.32. The van der Waals surface area contributed by atoms with Crippen molar-refractivity contribution in [2.75, 3.05) is 45.6 Å². The van der Waals surface area contributed by atoms with E-state index in [0.29, 0.717) is 28.7 Å². The minimum Gasteiger partial charge on any atom is -0.359 e. The summed E-state index contributed by atoms with van der Waals surface area (Å²) in [4.78, 5) is 59.5. The van der Waals surface area contributed by atoms with Crippen LogP contribution in [0.25, 0.3) is 10.9 Å². The maximum atomic E-state index is 13.3. The molecule has 1 aliphatic heterocycles. The Morgan fingerprint density at radius 1 is 1.08 bits per heavy atom. The number of piperazine rings is 1. The summed E-state index contributed by atoms with van der Waals surface area (Å²) in [6, 6.07) is 13.7. The Morgan fingerprint density at radius 2 is 1.83 bits per heavy atom. The van der Waals surface area contributed by atoms with E-state index < -0.39 is 17.7 Å². The van der Waals surface area contributed by atoms with Gasteiger partial charge in [0.25, 0.3) is 17.6 Å². The van der Waals surface area contributed by atoms with E-state index in [1.165, 1.54) is 11.1 Å². The first-order valence-corrected chi connectivity index (χ1v) is 11.7. The first kappa shape index (κ1) is 24.9. The molecular formula is C27H29N5O4. The molecule has 0 unspecified atom stereocenters. The zero-order chi connectivity index (χ0) is 25.8. The van der Waals surface area contributed by atoms with Crippen LogP contribution >= 0.6 is 0 Å². The summed E-state index contributed by atoms with van der Waals surface area (Å²) in [6.45, 7) is 4.82. The van der Waals surface area contributed by atoms with Crippen LogP contribution in [0.15, 0.2) is 67.4 Å². The van der Waals surface area contributed by atoms with Gasteiger partial charge in [0.15, 0.2) is 0 Å². The molecule has 4 rings (SSSR count). The van der Waals surface area contributed by atoms with Crippen LogP contribution in [0.4, 0.5) is 5.69 Å². The second-order valence-electron chi connectivity index (χ2n) is 8.96. The first-order valence-electron chi connectivity index (χ1n) is 11.7. The molecule has 1 saturated heterocycles. The molecule has 3 aromatic rings. The highest BCUT2D eigenvalue weighted by atomic mass is 16.2. The van der Waals surface area contributed by atoms with Crippen molar-refractivity contribution in [3.05, 3.63) is 78.5 Å². The SMILES string of the molecule is C=C[C@@H]1CN(C(=O)c2ccccc2)CCN1C(=O)C(=O)c1c[nH]c2c(NC(=O)CN(C)C)cccc12. The minimum atomic E-state index is -0.660. The number of Topliss-reactive ketones (excluding diaryl/α,β-unsaturated/α-hetero) is 1. The van der Waals surface area contributed by atoms with Gasteiger partial charge in [0.05, 0.1) is 29.4 Å². The van der Waals surface area contributed by atoms with E-state index in [1.54, 1.807) is 72.4 Å². The number of amides is 3. The number of carbonyl (C=O) groups excluding carboxylic acids is 4. The number of ketones is 1. The summed E-state index contributed by atoms with van der Waals surface area (Å²) < 4.78 is 0. The summed E-state index contributed by atoms with van der Waals surface area (Å²) in [5.41, 5.74) is 1.90. The van der Waals surface area contributed by atoms with E-state index in [0.717, 1.165) is 0 Å². The molecular weight excluding hydrogens is 458 g/mol. The van der Waals surface area contributed by atoms with Crippen molar-refractivity contribution in [1.82, 2.24) is 19.7 Å². The summed E-state index contributed by atoms with van der Waals surface area (Å²) in [7, 11) is 3.59. The van der Waals surface area contributed by atoms with Gasteiger partial charge >= 0.3 is 0 Å². The summed E-state index contributed by atoms with van der Waals surface area (Å²) in [6.07, 6.45) is 3.08. The van der Waals surface area contributed by atoms with Crippen LogP contribution in [0.3, 0.4) is 0 Å². The number of benzene rings is 2. The summed E-state index contributed by atoms with van der Waals surface area (Å²) in [5, 5.41) is 3.38. The van der Waals surface area contributed by atoms with Crippen LogP contribution < -0.4 is 5.32 Å². The van der Waals surface area contributed by atoms with Gasteiger partial charge in [-0.2, -0.15) is 0 Å². The number of likely N-dealkylation sites (N-methyl/N-ethyl adjacent to an activating group) is 1. The number of fused-ring (bicyclic) bond motifs is 1. The first-order chi connectivity index (χ1) is 17.3. The van der Waals surface area contributed by atoms with Crippen molar-refractivity contribution in [3.8, 4) is 0 Å². The fourth-order valence-corrected chi connectivity index (χ4v) is 4.38. The third-order valence-electron chi connectivity index (χ3n) is 6.15. The standard InChI is InChI=1S/C27H29N5O4/c1-4-19-16-31(26(35)18-9-6-5-7-10-18)13-14-32(19)27(36)25(34)21-15-28-24-20(21)11-8-12-22(24)29-23(33)17-30(2)3/h4-12,15,19,28H,1,13-14,16-17H2,2-3H3,(H,29,33)/t19-/m1/s1. The van der Waals surface area contributed by atoms with E-state index in [-0.39, 0.29) is 37.0 Å². The zero-order valence-electron chi connectivity index (χ0n) is 20.4. The number of para-hydroxylation sites is 1. The Kier molecular flexibility index (Phi) is 7.30. The van der Waals surface area contributed by atoms with Crippen LogP contribution in [-0.2, 0) is 9.59 Å². The maximum absolute atomic E-state index is 13.3. The number of nitrogens with one attached hydrogen (secondary N) is 2. The van der Waals surface area contributed by atoms with Gasteiger partial charge in [0.2, 0.25) is 5.91 Å². The van der Waals surface area contributed by atoms with E-state index in [4.69, 9.17) is 0 Å². The molecule has 2 N–H and O–H groups in total. The molecule has 1 fully saturated rings. The molecule has 9 heteroatoms. The molecule has 1 atom stereocenters. The predicted octanol–water partition coefficient (Wildman–Crippen LogP) is 2.39. The molecule has 0 aliphatic carbocycles. The van der Waals surface area contributed by atoms with Gasteiger partial charge in [-0.05, 0) is 32.3 Å². The van der Waals surface area contributed by atoms with E-state index in [2.05, 4.69) is 16.9 Å². The lowest BCUT2D eigenvalue weighted by Gasteiger charge is -2.39. The van der Waals surface area contributed by atoms with E-state index >= 15 is 0 Å². The maximum Gasteiger partial charge on any atom is 0.295 e. The molecule has 0 spiro atoms. The Bertz CT molecular complexity index is 1310. The summed E-state index contributed by atoms with van der Waals surface area (Å²) in [5.74, 6) is -1.63. The van der Waals surface area contributed by atoms with Gasteiger partial charge in [-0.25, -0.2) is 0 Å². The van der Waals surface area contributed by atoms with Crippen molar-refractivity contribution in [3.63, 3.8) is 0 Å². The molecule has 0 radical (unpaired) electrons. The second-order valence-corrected chi connectivity index (χ2v) is 8.96. The molecule has 2 aromatic carbocycles. The monoisotopic (exact) mass is 487 g/mol. The molecule has 1 aliphatic rings. The Balaban J connectivity index is 1.51. The number of nitrogens with zero attached hydrogens (tertiary/aromatic N) is 3. The van der Waals surface area contributed by atoms with E-state index in [1.807, 2.05) is 6.07 Å². The number of anilines is 1. The zero-order valence-corrected chi connectivity index (χ0v) is 20.4. The molecule has 0 bridgehead atoms. The fraction of sp³-hybridized carbons (Fsp3) is 0.259. The van der Waals surface area contributed by atoms with Gasteiger partial charge in [0, 0.05) is 36.8 Å². The third kappa shape index (κ3) is 5.06. The quantitative estimate of drug-likeness (QED) is 0.302. The minimum absolute atomic E-state index is 0.124. The van der Waals surface area contributed by atoms with Crippen molar-refractivity contribution in [1.29, 1.82) is 0 Å². The number of H-pyrrole nitrogens is 1. The Hall–Kier alpha value is -4.24. The average molecular weight is 488 g/mol. The molecule has 186 valence electrons. The van der Waals surface area contributed by atoms with Gasteiger partial charge in [-0.1, -0.05) is 36.4 Å². The lowest BCUT2D eigenvalue weighted by atomic mass is 10.0. The Labute approximate surface area is 209 Å². The predicted molar refractivity (Wildman–Crippen MR) is 138 cm³/mol. The van der Waals surface area contributed by atoms with Gasteiger partial charge in [-0.3, -0.25) is 19.2 Å². The number of hydrogen-bond acceptors (Lipinski definition) is 5. The van der Waals surface area contributed by atoms with Crippen LogP contribution in [0.2, 0.25) is 0 Å². The summed E-state index contributed by atoms with van der Waals surface area (Å²) >= 11 is 0. The van der Waals surface area contributed by atoms with Crippen LogP contribution in [0, 0.1) is 0 Å². The van der Waals surface area contributed by atoms with Crippen molar-refractivity contribution in [2.45, 2.75) is 6.04 Å². The fourth-order valence-electron chi connectivity index (χ4n) is 4.38. The molecule has 9 nitrogen and oxygen atoms in total. The topological polar surface area (TPSA) is 106 Å². The smallest absolute Gasteiger partial charge is 0.295 e. The van der Waals surface area contributed by atoms with Crippen molar-refractivity contribution < 1.29 is 19.2 Å². The molecule has 1 aromatic heterocycles. The number of aromatic amines is 1. The van der Waals surface area contributed by atoms with Gasteiger partial charge in [-0.15, -0.1) is 6.58 Å². The number of aromatic nitrogens is 1. The van der Waals surface area contributed by atoms with Gasteiger partial charge in [0.1, 0.15) is 0 Å². The molecule has 3 amide bonds. The van der Waals surface area contributed by atoms with Gasteiger partial charge < -0.3 is 25.0 Å². The number of rotatable bonds is 7. The van der Waals surface area contributed by atoms with Crippen molar-refractivity contribution >= 4 is 40.1 Å². The second kappa shape index (κ2) is 10.6. The van der Waals surface area contributed by atoms with Crippen LogP contribution in [0.1, 0.15) is 20.7 Å². The normalized spacial score (nSPS) is 15.7. The Morgan fingerprint density at radius 3 is 2.53 bits per heavy atom. The largest absolute Gasteiger partial charge is 0.359 e. The number of hydrogen-bond donors (Lipinski definition) is 2. The van der Waals surface area contributed by atoms with Crippen LogP contribution in [-0.4, -0.2) is 89.5 Å². The van der Waals surface area contributed by atoms with Crippen LogP contribution in [0.5, 0.6) is 0 Å². The third-order valence-corrected chi connectivity index (χ3v) is 6.15. The highest BCUT2D eigenvalue weighted by molar-refractivity contribution is 6.45. The molecule has 36 heavy (non-hydrogen) atoms. The molecule has 2 heterocycles. The lowest BCUT2D eigenvalue weighted by Crippen LogP contribution is -2.57. The number of carbonyl (C=O) groups is 4. The highest BCUT2D eigenvalue weighted by Crippen LogP contribution is 2.27. The van der Waals surface area contributed by atoms with E-state index in [9.17, 15) is 19.2 Å². The van der Waals surface area contributed by atoms with Crippen molar-refractivity contribution in [2.24, 2.45) is 0 Å². The highest BCUT2D eigenvalue weighted by Gasteiger charge is 2.35.